The van der Waals surface area contributed by atoms with Crippen LogP contribution in [0.15, 0.2) is 66.0 Å². The largest absolute Gasteiger partial charge is 0.351 e. The van der Waals surface area contributed by atoms with E-state index in [1.165, 1.54) is 21.6 Å². The van der Waals surface area contributed by atoms with Gasteiger partial charge in [-0.2, -0.15) is 0 Å². The first-order valence-corrected chi connectivity index (χ1v) is 9.15. The molecular formula is C20H20N2S2. The topological polar surface area (TPSA) is 24.1 Å². The summed E-state index contributed by atoms with van der Waals surface area (Å²) in [6.45, 7) is 4.17. The second-order valence-corrected chi connectivity index (χ2v) is 7.21. The van der Waals surface area contributed by atoms with E-state index in [4.69, 9.17) is 12.2 Å². The molecule has 24 heavy (non-hydrogen) atoms. The van der Waals surface area contributed by atoms with E-state index in [0.717, 1.165) is 5.69 Å². The van der Waals surface area contributed by atoms with Crippen molar-refractivity contribution in [3.8, 4) is 0 Å². The van der Waals surface area contributed by atoms with E-state index < -0.39 is 0 Å². The fourth-order valence-electron chi connectivity index (χ4n) is 2.55. The number of thiocarbonyl (C=S) groups is 1. The molecule has 2 aromatic carbocycles. The summed E-state index contributed by atoms with van der Waals surface area (Å²) >= 11 is 7.27. The van der Waals surface area contributed by atoms with Crippen molar-refractivity contribution in [1.82, 2.24) is 5.32 Å². The van der Waals surface area contributed by atoms with Gasteiger partial charge in [-0.05, 0) is 60.8 Å². The molecule has 0 aliphatic heterocycles. The van der Waals surface area contributed by atoms with E-state index in [-0.39, 0.29) is 6.04 Å². The number of nitrogens with one attached hydrogen (secondary N) is 2. The molecule has 0 aliphatic carbocycles. The standard InChI is InChI=1S/C20H20N2S2/c1-14-8-10-16(11-9-14)19(18-7-4-12-24-18)22-20(23)21-17-6-3-5-15(2)13-17/h3-13,19H,1-2H3,(H2,21,22,23)/t19-/m1/s1. The minimum absolute atomic E-state index is 0.0513. The monoisotopic (exact) mass is 352 g/mol. The molecule has 3 aromatic rings. The number of benzene rings is 2. The molecule has 4 heteroatoms. The lowest BCUT2D eigenvalue weighted by Gasteiger charge is -2.21. The molecule has 0 unspecified atom stereocenters. The van der Waals surface area contributed by atoms with Gasteiger partial charge < -0.3 is 10.6 Å². The second-order valence-electron chi connectivity index (χ2n) is 5.83. The summed E-state index contributed by atoms with van der Waals surface area (Å²) in [7, 11) is 0. The fraction of sp³-hybridized carbons (Fsp3) is 0.150. The molecule has 2 N–H and O–H groups in total. The summed E-state index contributed by atoms with van der Waals surface area (Å²) in [6, 6.07) is 21.0. The second kappa shape index (κ2) is 7.60. The minimum Gasteiger partial charge on any atom is -0.351 e. The third kappa shape index (κ3) is 4.22. The smallest absolute Gasteiger partial charge is 0.171 e. The molecule has 2 nitrogen and oxygen atoms in total. The maximum atomic E-state index is 5.54. The SMILES string of the molecule is Cc1ccc([C@@H](NC(=S)Nc2cccc(C)c2)c2cccs2)cc1. The predicted molar refractivity (Wildman–Crippen MR) is 108 cm³/mol. The Morgan fingerprint density at radius 2 is 1.75 bits per heavy atom. The van der Waals surface area contributed by atoms with Crippen molar-refractivity contribution >= 4 is 34.4 Å². The summed E-state index contributed by atoms with van der Waals surface area (Å²) in [4.78, 5) is 1.24. The lowest BCUT2D eigenvalue weighted by Crippen LogP contribution is -2.32. The first-order valence-electron chi connectivity index (χ1n) is 7.86. The Morgan fingerprint density at radius 1 is 0.958 bits per heavy atom. The third-order valence-corrected chi connectivity index (χ3v) is 4.95. The highest BCUT2D eigenvalue weighted by Gasteiger charge is 2.16. The zero-order valence-corrected chi connectivity index (χ0v) is 15.4. The van der Waals surface area contributed by atoms with E-state index in [9.17, 15) is 0 Å². The highest BCUT2D eigenvalue weighted by molar-refractivity contribution is 7.80. The molecule has 0 bridgehead atoms. The average molecular weight is 353 g/mol. The Hall–Kier alpha value is -2.17. The first-order chi connectivity index (χ1) is 11.6. The van der Waals surface area contributed by atoms with Crippen LogP contribution in [0, 0.1) is 13.8 Å². The van der Waals surface area contributed by atoms with Crippen LogP contribution in [-0.2, 0) is 0 Å². The van der Waals surface area contributed by atoms with Crippen molar-refractivity contribution in [3.05, 3.63) is 87.6 Å². The summed E-state index contributed by atoms with van der Waals surface area (Å²) in [5.41, 5.74) is 4.66. The van der Waals surface area contributed by atoms with Crippen LogP contribution in [0.5, 0.6) is 0 Å². The number of anilines is 1. The Bertz CT molecular complexity index is 808. The van der Waals surface area contributed by atoms with Crippen molar-refractivity contribution in [2.45, 2.75) is 19.9 Å². The van der Waals surface area contributed by atoms with Gasteiger partial charge in [-0.1, -0.05) is 48.0 Å². The zero-order valence-electron chi connectivity index (χ0n) is 13.7. The van der Waals surface area contributed by atoms with Gasteiger partial charge in [0.05, 0.1) is 6.04 Å². The molecule has 0 saturated carbocycles. The lowest BCUT2D eigenvalue weighted by molar-refractivity contribution is 0.784. The first kappa shape index (κ1) is 16.7. The molecule has 1 aromatic heterocycles. The Morgan fingerprint density at radius 3 is 2.42 bits per heavy atom. The number of rotatable bonds is 4. The molecule has 0 fully saturated rings. The number of hydrogen-bond donors (Lipinski definition) is 2. The van der Waals surface area contributed by atoms with E-state index in [2.05, 4.69) is 78.4 Å². The average Bonchev–Trinajstić information content (AvgIpc) is 3.08. The summed E-state index contributed by atoms with van der Waals surface area (Å²) in [5.74, 6) is 0. The maximum Gasteiger partial charge on any atom is 0.171 e. The van der Waals surface area contributed by atoms with E-state index >= 15 is 0 Å². The number of aryl methyl sites for hydroxylation is 2. The fourth-order valence-corrected chi connectivity index (χ4v) is 3.59. The highest BCUT2D eigenvalue weighted by atomic mass is 32.1. The van der Waals surface area contributed by atoms with Gasteiger partial charge in [0.15, 0.2) is 5.11 Å². The van der Waals surface area contributed by atoms with Crippen molar-refractivity contribution in [3.63, 3.8) is 0 Å². The van der Waals surface area contributed by atoms with Gasteiger partial charge in [-0.15, -0.1) is 11.3 Å². The van der Waals surface area contributed by atoms with Crippen LogP contribution in [0.4, 0.5) is 5.69 Å². The summed E-state index contributed by atoms with van der Waals surface area (Å²) in [5, 5.41) is 9.45. The van der Waals surface area contributed by atoms with Crippen LogP contribution >= 0.6 is 23.6 Å². The van der Waals surface area contributed by atoms with E-state index in [1.54, 1.807) is 11.3 Å². The van der Waals surface area contributed by atoms with Crippen molar-refractivity contribution in [2.75, 3.05) is 5.32 Å². The Kier molecular flexibility index (Phi) is 5.28. The van der Waals surface area contributed by atoms with Gasteiger partial charge in [-0.25, -0.2) is 0 Å². The molecule has 0 radical (unpaired) electrons. The Balaban J connectivity index is 1.79. The van der Waals surface area contributed by atoms with Crippen molar-refractivity contribution in [1.29, 1.82) is 0 Å². The lowest BCUT2D eigenvalue weighted by atomic mass is 10.0. The van der Waals surface area contributed by atoms with Crippen LogP contribution in [0.2, 0.25) is 0 Å². The van der Waals surface area contributed by atoms with Crippen LogP contribution in [-0.4, -0.2) is 5.11 Å². The molecule has 122 valence electrons. The molecular weight excluding hydrogens is 332 g/mol. The molecule has 3 rings (SSSR count). The van der Waals surface area contributed by atoms with Crippen LogP contribution in [0.3, 0.4) is 0 Å². The molecule has 0 spiro atoms. The van der Waals surface area contributed by atoms with Crippen molar-refractivity contribution in [2.24, 2.45) is 0 Å². The summed E-state index contributed by atoms with van der Waals surface area (Å²) < 4.78 is 0. The molecule has 0 saturated heterocycles. The van der Waals surface area contributed by atoms with Crippen LogP contribution < -0.4 is 10.6 Å². The summed E-state index contributed by atoms with van der Waals surface area (Å²) in [6.07, 6.45) is 0. The van der Waals surface area contributed by atoms with Gasteiger partial charge in [-0.3, -0.25) is 0 Å². The maximum absolute atomic E-state index is 5.54. The zero-order chi connectivity index (χ0) is 16.9. The normalized spacial score (nSPS) is 11.8. The Labute approximate surface area is 152 Å². The van der Waals surface area contributed by atoms with Gasteiger partial charge in [0.25, 0.3) is 0 Å². The van der Waals surface area contributed by atoms with Crippen LogP contribution in [0.25, 0.3) is 0 Å². The van der Waals surface area contributed by atoms with Crippen molar-refractivity contribution < 1.29 is 0 Å². The van der Waals surface area contributed by atoms with Gasteiger partial charge >= 0.3 is 0 Å². The minimum atomic E-state index is 0.0513. The highest BCUT2D eigenvalue weighted by Crippen LogP contribution is 2.26. The van der Waals surface area contributed by atoms with Gasteiger partial charge in [0.1, 0.15) is 0 Å². The van der Waals surface area contributed by atoms with Gasteiger partial charge in [0.2, 0.25) is 0 Å². The molecule has 1 atom stereocenters. The van der Waals surface area contributed by atoms with E-state index in [0.29, 0.717) is 5.11 Å². The number of thiophene rings is 1. The van der Waals surface area contributed by atoms with Gasteiger partial charge in [0, 0.05) is 10.6 Å². The molecule has 0 amide bonds. The van der Waals surface area contributed by atoms with Crippen LogP contribution in [0.1, 0.15) is 27.6 Å². The number of hydrogen-bond acceptors (Lipinski definition) is 2. The third-order valence-electron chi connectivity index (χ3n) is 3.79. The van der Waals surface area contributed by atoms with E-state index in [1.807, 2.05) is 12.1 Å². The predicted octanol–water partition coefficient (Wildman–Crippen LogP) is 5.44. The quantitative estimate of drug-likeness (QED) is 0.611. The molecule has 0 aliphatic rings. The molecule has 1 heterocycles.